The second-order valence-electron chi connectivity index (χ2n) is 7.83. The van der Waals surface area contributed by atoms with Crippen LogP contribution in [0, 0.1) is 11.3 Å². The maximum Gasteiger partial charge on any atom is 0.266 e. The molecule has 0 saturated heterocycles. The van der Waals surface area contributed by atoms with Crippen LogP contribution in [0.5, 0.6) is 0 Å². The average molecular weight is 442 g/mol. The first-order chi connectivity index (χ1) is 15.4. The number of aromatic amines is 1. The van der Waals surface area contributed by atoms with Crippen molar-refractivity contribution in [1.29, 1.82) is 5.26 Å². The lowest BCUT2D eigenvalue weighted by Gasteiger charge is -2.31. The van der Waals surface area contributed by atoms with Gasteiger partial charge in [0.05, 0.1) is 6.04 Å². The maximum absolute atomic E-state index is 12.9. The van der Waals surface area contributed by atoms with Gasteiger partial charge in [0.25, 0.3) is 5.56 Å². The van der Waals surface area contributed by atoms with Crippen LogP contribution in [0.2, 0.25) is 0 Å². The third-order valence-electron chi connectivity index (χ3n) is 5.53. The van der Waals surface area contributed by atoms with Crippen LogP contribution in [0.3, 0.4) is 0 Å². The van der Waals surface area contributed by atoms with Gasteiger partial charge in [-0.3, -0.25) is 4.79 Å². The summed E-state index contributed by atoms with van der Waals surface area (Å²) >= 11 is 5.39. The molecule has 0 fully saturated rings. The molecule has 3 aromatic rings. The zero-order chi connectivity index (χ0) is 22.8. The van der Waals surface area contributed by atoms with E-state index in [-0.39, 0.29) is 11.6 Å². The Hall–Kier alpha value is -3.89. The highest BCUT2D eigenvalue weighted by Gasteiger charge is 2.27. The number of anilines is 1. The highest BCUT2D eigenvalue weighted by molar-refractivity contribution is 7.80. The Labute approximate surface area is 192 Å². The first-order valence-corrected chi connectivity index (χ1v) is 10.6. The normalized spacial score (nSPS) is 15.6. The third-order valence-corrected chi connectivity index (χ3v) is 5.75. The quantitative estimate of drug-likeness (QED) is 0.532. The molecule has 0 aliphatic carbocycles. The Morgan fingerprint density at radius 1 is 1.06 bits per heavy atom. The summed E-state index contributed by atoms with van der Waals surface area (Å²) in [6, 6.07) is 21.4. The van der Waals surface area contributed by atoms with Crippen LogP contribution in [0.4, 0.5) is 5.69 Å². The predicted octanol–water partition coefficient (Wildman–Crippen LogP) is 3.93. The highest BCUT2D eigenvalue weighted by atomic mass is 32.1. The largest absolute Gasteiger partial charge is 0.378 e. The average Bonchev–Trinajstić information content (AvgIpc) is 2.78. The molecule has 3 N–H and O–H groups in total. The number of hydrogen-bond donors (Lipinski definition) is 3. The topological polar surface area (TPSA) is 84.0 Å². The molecule has 0 radical (unpaired) electrons. The number of benzene rings is 2. The van der Waals surface area contributed by atoms with Crippen molar-refractivity contribution in [3.63, 3.8) is 0 Å². The minimum absolute atomic E-state index is 0.0908. The Balaban J connectivity index is 1.90. The maximum atomic E-state index is 12.9. The number of allylic oxidation sites excluding steroid dienone is 1. The summed E-state index contributed by atoms with van der Waals surface area (Å²) in [6.45, 7) is 1.93. The number of nitrogens with one attached hydrogen (secondary N) is 3. The summed E-state index contributed by atoms with van der Waals surface area (Å²) in [4.78, 5) is 17.8. The molecule has 160 valence electrons. The molecule has 1 aliphatic rings. The van der Waals surface area contributed by atoms with E-state index < -0.39 is 5.56 Å². The summed E-state index contributed by atoms with van der Waals surface area (Å²) in [6.07, 6.45) is 0. The van der Waals surface area contributed by atoms with Crippen LogP contribution in [0.25, 0.3) is 16.7 Å². The van der Waals surface area contributed by atoms with Crippen molar-refractivity contribution in [2.45, 2.75) is 13.0 Å². The molecule has 0 spiro atoms. The molecule has 1 unspecified atom stereocenters. The van der Waals surface area contributed by atoms with E-state index in [1.54, 1.807) is 0 Å². The fraction of sp³-hybridized carbons (Fsp3) is 0.160. The lowest BCUT2D eigenvalue weighted by atomic mass is 9.91. The minimum Gasteiger partial charge on any atom is -0.378 e. The number of H-pyrrole nitrogens is 1. The smallest absolute Gasteiger partial charge is 0.266 e. The molecule has 2 aromatic carbocycles. The molecule has 1 aromatic heterocycles. The van der Waals surface area contributed by atoms with E-state index in [9.17, 15) is 10.1 Å². The number of rotatable bonds is 4. The molecule has 2 heterocycles. The lowest BCUT2D eigenvalue weighted by Crippen LogP contribution is -2.43. The van der Waals surface area contributed by atoms with Gasteiger partial charge in [-0.2, -0.15) is 5.26 Å². The summed E-state index contributed by atoms with van der Waals surface area (Å²) in [5, 5.41) is 16.7. The number of nitriles is 1. The molecule has 1 aliphatic heterocycles. The van der Waals surface area contributed by atoms with Gasteiger partial charge in [0.1, 0.15) is 11.6 Å². The van der Waals surface area contributed by atoms with Gasteiger partial charge in [0.2, 0.25) is 0 Å². The second kappa shape index (κ2) is 8.69. The van der Waals surface area contributed by atoms with Gasteiger partial charge < -0.3 is 20.5 Å². The molecule has 1 atom stereocenters. The number of aromatic nitrogens is 1. The zero-order valence-electron chi connectivity index (χ0n) is 18.1. The van der Waals surface area contributed by atoms with Crippen molar-refractivity contribution < 1.29 is 0 Å². The van der Waals surface area contributed by atoms with Gasteiger partial charge in [-0.1, -0.05) is 42.5 Å². The van der Waals surface area contributed by atoms with E-state index in [2.05, 4.69) is 21.7 Å². The van der Waals surface area contributed by atoms with Gasteiger partial charge >= 0.3 is 0 Å². The number of nitrogens with zero attached hydrogens (tertiary/aromatic N) is 2. The summed E-state index contributed by atoms with van der Waals surface area (Å²) in [5.74, 6) is 0. The van der Waals surface area contributed by atoms with Crippen molar-refractivity contribution in [1.82, 2.24) is 15.6 Å². The fourth-order valence-corrected chi connectivity index (χ4v) is 4.20. The molecule has 0 bridgehead atoms. The van der Waals surface area contributed by atoms with Crippen molar-refractivity contribution in [3.05, 3.63) is 93.5 Å². The molecule has 0 saturated carbocycles. The molecule has 0 amide bonds. The first-order valence-electron chi connectivity index (χ1n) is 10.2. The van der Waals surface area contributed by atoms with Crippen molar-refractivity contribution in [2.24, 2.45) is 0 Å². The van der Waals surface area contributed by atoms with E-state index in [4.69, 9.17) is 12.2 Å². The molecule has 32 heavy (non-hydrogen) atoms. The standard InChI is InChI=1S/C25H23N5OS/c1-15-22(23(29-25(32)27-15)17-7-5-4-6-8-17)21-13-19(20(14-26)24(31)28-21)16-9-11-18(12-10-16)30(2)3/h4-13,23H,1-3H3,(H,28,31)(H2,27,29,32). The molecular formula is C25H23N5OS. The van der Waals surface area contributed by atoms with Crippen LogP contribution in [0.1, 0.15) is 29.8 Å². The van der Waals surface area contributed by atoms with Crippen LogP contribution in [-0.4, -0.2) is 24.2 Å². The van der Waals surface area contributed by atoms with Gasteiger partial charge in [-0.15, -0.1) is 0 Å². The third kappa shape index (κ3) is 4.01. The van der Waals surface area contributed by atoms with Gasteiger partial charge in [-0.05, 0) is 48.5 Å². The number of pyridine rings is 1. The van der Waals surface area contributed by atoms with Crippen molar-refractivity contribution in [3.8, 4) is 17.2 Å². The van der Waals surface area contributed by atoms with E-state index in [0.29, 0.717) is 16.4 Å². The minimum atomic E-state index is -0.419. The number of hydrogen-bond acceptors (Lipinski definition) is 4. The Bertz CT molecular complexity index is 1300. The van der Waals surface area contributed by atoms with Crippen molar-refractivity contribution in [2.75, 3.05) is 19.0 Å². The highest BCUT2D eigenvalue weighted by Crippen LogP contribution is 2.35. The van der Waals surface area contributed by atoms with E-state index in [0.717, 1.165) is 28.1 Å². The van der Waals surface area contributed by atoms with Crippen LogP contribution >= 0.6 is 12.2 Å². The van der Waals surface area contributed by atoms with Gasteiger partial charge in [-0.25, -0.2) is 0 Å². The van der Waals surface area contributed by atoms with E-state index in [1.807, 2.05) is 86.6 Å². The van der Waals surface area contributed by atoms with Crippen LogP contribution in [-0.2, 0) is 0 Å². The molecule has 7 heteroatoms. The monoisotopic (exact) mass is 441 g/mol. The number of thiocarbonyl (C=S) groups is 1. The Morgan fingerprint density at radius 2 is 1.75 bits per heavy atom. The molecule has 4 rings (SSSR count). The lowest BCUT2D eigenvalue weighted by molar-refractivity contribution is 0.755. The van der Waals surface area contributed by atoms with Gasteiger partial charge in [0.15, 0.2) is 5.11 Å². The van der Waals surface area contributed by atoms with Crippen molar-refractivity contribution >= 4 is 28.6 Å². The van der Waals surface area contributed by atoms with Crippen LogP contribution < -0.4 is 21.1 Å². The second-order valence-corrected chi connectivity index (χ2v) is 8.24. The fourth-order valence-electron chi connectivity index (χ4n) is 3.93. The van der Waals surface area contributed by atoms with Gasteiger partial charge in [0, 0.05) is 42.3 Å². The van der Waals surface area contributed by atoms with E-state index >= 15 is 0 Å². The molecule has 6 nitrogen and oxygen atoms in total. The summed E-state index contributed by atoms with van der Waals surface area (Å²) in [5.41, 5.74) is 5.48. The Kier molecular flexibility index (Phi) is 5.80. The SMILES string of the molecule is CC1=C(c2cc(-c3ccc(N(C)C)cc3)c(C#N)c(=O)[nH]2)C(c2ccccc2)NC(=S)N1. The Morgan fingerprint density at radius 3 is 2.38 bits per heavy atom. The summed E-state index contributed by atoms with van der Waals surface area (Å²) in [7, 11) is 3.93. The summed E-state index contributed by atoms with van der Waals surface area (Å²) < 4.78 is 0. The first kappa shape index (κ1) is 21.3. The predicted molar refractivity (Wildman–Crippen MR) is 132 cm³/mol. The molecular weight excluding hydrogens is 418 g/mol. The van der Waals surface area contributed by atoms with E-state index in [1.165, 1.54) is 0 Å². The van der Waals surface area contributed by atoms with Crippen LogP contribution in [0.15, 0.2) is 71.2 Å². The zero-order valence-corrected chi connectivity index (χ0v) is 18.9.